The molecule has 2 aromatic carbocycles. The third-order valence-electron chi connectivity index (χ3n) is 6.29. The molecule has 3 N–H and O–H groups in total. The van der Waals surface area contributed by atoms with Gasteiger partial charge < -0.3 is 25.0 Å². The van der Waals surface area contributed by atoms with Crippen LogP contribution in [0.25, 0.3) is 11.3 Å². The van der Waals surface area contributed by atoms with Crippen LogP contribution in [0.5, 0.6) is 0 Å². The number of nitrogens with zero attached hydrogens (tertiary/aromatic N) is 3. The molecule has 2 amide bonds. The lowest BCUT2D eigenvalue weighted by molar-refractivity contribution is -0.140. The molecule has 39 heavy (non-hydrogen) atoms. The Hall–Kier alpha value is -3.44. The molecule has 2 atom stereocenters. The van der Waals surface area contributed by atoms with E-state index < -0.39 is 41.7 Å². The van der Waals surface area contributed by atoms with Crippen LogP contribution in [0.4, 0.5) is 13.6 Å². The van der Waals surface area contributed by atoms with Gasteiger partial charge in [-0.2, -0.15) is 12.6 Å². The van der Waals surface area contributed by atoms with Crippen LogP contribution >= 0.6 is 12.6 Å². The van der Waals surface area contributed by atoms with Gasteiger partial charge in [-0.15, -0.1) is 0 Å². The highest BCUT2D eigenvalue weighted by molar-refractivity contribution is 7.80. The largest absolute Gasteiger partial charge is 0.465 e. The molecule has 3 rings (SSSR count). The molecule has 0 aliphatic rings. The number of amides is 2. The number of rotatable bonds is 11. The third-order valence-corrected chi connectivity index (χ3v) is 6.81. The molecular weight excluding hydrogens is 526 g/mol. The Balaban J connectivity index is 2.18. The highest BCUT2D eigenvalue weighted by Crippen LogP contribution is 2.40. The van der Waals surface area contributed by atoms with Gasteiger partial charge in [-0.25, -0.2) is 18.6 Å². The smallest absolute Gasteiger partial charge is 0.404 e. The van der Waals surface area contributed by atoms with E-state index in [-0.39, 0.29) is 36.0 Å². The molecule has 3 aromatic rings. The van der Waals surface area contributed by atoms with Gasteiger partial charge in [0.2, 0.25) is 5.91 Å². The molecular formula is C28H34F2N4O4S. The normalized spacial score (nSPS) is 13.1. The number of thiol groups is 1. The van der Waals surface area contributed by atoms with Crippen molar-refractivity contribution in [3.63, 3.8) is 0 Å². The van der Waals surface area contributed by atoms with Crippen molar-refractivity contribution in [2.45, 2.75) is 33.4 Å². The summed E-state index contributed by atoms with van der Waals surface area (Å²) in [6, 6.07) is 11.9. The van der Waals surface area contributed by atoms with Crippen LogP contribution in [-0.2, 0) is 11.3 Å². The second-order valence-corrected chi connectivity index (χ2v) is 10.8. The van der Waals surface area contributed by atoms with E-state index in [1.807, 2.05) is 51.1 Å². The molecule has 210 valence electrons. The van der Waals surface area contributed by atoms with Crippen molar-refractivity contribution in [2.24, 2.45) is 11.3 Å². The van der Waals surface area contributed by atoms with E-state index in [2.05, 4.69) is 17.9 Å². The van der Waals surface area contributed by atoms with Gasteiger partial charge in [0.05, 0.1) is 11.7 Å². The second-order valence-electron chi connectivity index (χ2n) is 10.4. The number of carbonyl (C=O) groups excluding carboxylic acids is 1. The number of benzene rings is 2. The van der Waals surface area contributed by atoms with E-state index in [9.17, 15) is 23.5 Å². The molecule has 0 saturated heterocycles. The first-order valence-corrected chi connectivity index (χ1v) is 13.1. The highest BCUT2D eigenvalue weighted by Gasteiger charge is 2.39. The zero-order valence-electron chi connectivity index (χ0n) is 22.1. The van der Waals surface area contributed by atoms with Gasteiger partial charge >= 0.3 is 6.09 Å². The first-order chi connectivity index (χ1) is 18.4. The summed E-state index contributed by atoms with van der Waals surface area (Å²) in [6.45, 7) is 5.41. The van der Waals surface area contributed by atoms with Gasteiger partial charge in [0, 0.05) is 37.3 Å². The number of hydrogen-bond acceptors (Lipinski definition) is 5. The number of carbonyl (C=O) groups is 2. The lowest BCUT2D eigenvalue weighted by Crippen LogP contribution is -2.47. The van der Waals surface area contributed by atoms with Crippen LogP contribution in [0.15, 0.2) is 54.7 Å². The standard InChI is InChI=1S/C28H34F2N4O4S/c1-28(2,3)25(34(24(36)16-35)14-19(17-39)12-31-27(37)38)26-32-23(21-11-20(29)9-10-22(21)30)15-33(26)13-18-7-5-4-6-8-18/h4-11,15,19,25,31,35,39H,12-14,16-17H2,1-3H3,(H,37,38). The lowest BCUT2D eigenvalue weighted by Gasteiger charge is -2.41. The van der Waals surface area contributed by atoms with E-state index in [4.69, 9.17) is 10.1 Å². The number of aliphatic hydroxyl groups excluding tert-OH is 1. The molecule has 0 spiro atoms. The molecule has 1 aromatic heterocycles. The van der Waals surface area contributed by atoms with Gasteiger partial charge in [0.15, 0.2) is 0 Å². The van der Waals surface area contributed by atoms with Crippen LogP contribution in [0.1, 0.15) is 38.2 Å². The average molecular weight is 561 g/mol. The zero-order chi connectivity index (χ0) is 28.7. The van der Waals surface area contributed by atoms with Crippen LogP contribution in [0.2, 0.25) is 0 Å². The predicted molar refractivity (Wildman–Crippen MR) is 147 cm³/mol. The molecule has 0 radical (unpaired) electrons. The fraction of sp³-hybridized carbons (Fsp3) is 0.393. The number of nitrogens with one attached hydrogen (secondary N) is 1. The van der Waals surface area contributed by atoms with Gasteiger partial charge in [-0.05, 0) is 34.9 Å². The van der Waals surface area contributed by atoms with Crippen molar-refractivity contribution in [1.82, 2.24) is 19.8 Å². The minimum absolute atomic E-state index is 0.0188. The van der Waals surface area contributed by atoms with Crippen molar-refractivity contribution in [2.75, 3.05) is 25.4 Å². The first-order valence-electron chi connectivity index (χ1n) is 12.5. The van der Waals surface area contributed by atoms with Crippen LogP contribution in [0.3, 0.4) is 0 Å². The van der Waals surface area contributed by atoms with E-state index in [1.165, 1.54) is 4.90 Å². The number of aromatic nitrogens is 2. The lowest BCUT2D eigenvalue weighted by atomic mass is 9.84. The van der Waals surface area contributed by atoms with E-state index in [1.54, 1.807) is 10.8 Å². The molecule has 1 heterocycles. The number of carboxylic acid groups (broad SMARTS) is 1. The minimum Gasteiger partial charge on any atom is -0.465 e. The van der Waals surface area contributed by atoms with Gasteiger partial charge in [0.25, 0.3) is 0 Å². The Morgan fingerprint density at radius 2 is 1.85 bits per heavy atom. The molecule has 11 heteroatoms. The fourth-order valence-electron chi connectivity index (χ4n) is 4.51. The Labute approximate surface area is 232 Å². The molecule has 0 aliphatic heterocycles. The minimum atomic E-state index is -1.20. The van der Waals surface area contributed by atoms with Crippen LogP contribution in [0, 0.1) is 23.0 Å². The Bertz CT molecular complexity index is 1280. The van der Waals surface area contributed by atoms with Crippen molar-refractivity contribution in [3.8, 4) is 11.3 Å². The van der Waals surface area contributed by atoms with Gasteiger partial charge in [-0.3, -0.25) is 4.79 Å². The Morgan fingerprint density at radius 1 is 1.15 bits per heavy atom. The molecule has 2 unspecified atom stereocenters. The van der Waals surface area contributed by atoms with E-state index in [0.29, 0.717) is 12.4 Å². The fourth-order valence-corrected chi connectivity index (χ4v) is 4.76. The van der Waals surface area contributed by atoms with Crippen LogP contribution in [-0.4, -0.2) is 62.1 Å². The zero-order valence-corrected chi connectivity index (χ0v) is 23.0. The summed E-state index contributed by atoms with van der Waals surface area (Å²) in [6.07, 6.45) is 0.428. The number of halogens is 2. The van der Waals surface area contributed by atoms with Crippen molar-refractivity contribution >= 4 is 24.6 Å². The van der Waals surface area contributed by atoms with Crippen molar-refractivity contribution in [3.05, 3.63) is 77.8 Å². The summed E-state index contributed by atoms with van der Waals surface area (Å²) < 4.78 is 30.7. The predicted octanol–water partition coefficient (Wildman–Crippen LogP) is 4.60. The summed E-state index contributed by atoms with van der Waals surface area (Å²) in [4.78, 5) is 30.5. The molecule has 0 aliphatic carbocycles. The molecule has 0 bridgehead atoms. The summed E-state index contributed by atoms with van der Waals surface area (Å²) in [5.74, 6) is -1.52. The van der Waals surface area contributed by atoms with Crippen LogP contribution < -0.4 is 5.32 Å². The Morgan fingerprint density at radius 3 is 2.44 bits per heavy atom. The second kappa shape index (κ2) is 13.1. The van der Waals surface area contributed by atoms with E-state index >= 15 is 0 Å². The quantitative estimate of drug-likeness (QED) is 0.257. The monoisotopic (exact) mass is 560 g/mol. The van der Waals surface area contributed by atoms with Gasteiger partial charge in [-0.1, -0.05) is 51.1 Å². The van der Waals surface area contributed by atoms with E-state index in [0.717, 1.165) is 23.8 Å². The maximum Gasteiger partial charge on any atom is 0.404 e. The van der Waals surface area contributed by atoms with Crippen molar-refractivity contribution < 1.29 is 28.6 Å². The third kappa shape index (κ3) is 7.79. The molecule has 8 nitrogen and oxygen atoms in total. The number of imidazole rings is 1. The number of aliphatic hydroxyl groups is 1. The number of hydrogen-bond donors (Lipinski definition) is 4. The maximum atomic E-state index is 14.8. The van der Waals surface area contributed by atoms with Crippen molar-refractivity contribution in [1.29, 1.82) is 0 Å². The molecule has 0 saturated carbocycles. The summed E-state index contributed by atoms with van der Waals surface area (Å²) in [5.41, 5.74) is 0.467. The molecule has 0 fully saturated rings. The summed E-state index contributed by atoms with van der Waals surface area (Å²) in [5, 5.41) is 21.3. The summed E-state index contributed by atoms with van der Waals surface area (Å²) >= 11 is 4.35. The SMILES string of the molecule is CC(C)(C)C(c1nc(-c2cc(F)ccc2F)cn1Cc1ccccc1)N(CC(CS)CNC(=O)O)C(=O)CO. The van der Waals surface area contributed by atoms with Gasteiger partial charge in [0.1, 0.15) is 24.1 Å². The average Bonchev–Trinajstić information content (AvgIpc) is 3.28. The Kier molecular flexibility index (Phi) is 10.1. The highest BCUT2D eigenvalue weighted by atomic mass is 32.1. The summed E-state index contributed by atoms with van der Waals surface area (Å²) in [7, 11) is 0. The topological polar surface area (TPSA) is 108 Å². The first kappa shape index (κ1) is 30.1. The maximum absolute atomic E-state index is 14.8.